The second-order valence-electron chi connectivity index (χ2n) is 7.10. The van der Waals surface area contributed by atoms with Crippen LogP contribution in [0.2, 0.25) is 0 Å². The molecule has 1 aromatic heterocycles. The third-order valence-corrected chi connectivity index (χ3v) is 5.32. The highest BCUT2D eigenvalue weighted by Gasteiger charge is 2.32. The van der Waals surface area contributed by atoms with Gasteiger partial charge in [0.2, 0.25) is 11.7 Å². The van der Waals surface area contributed by atoms with Gasteiger partial charge in [0.05, 0.1) is 5.39 Å². The van der Waals surface area contributed by atoms with E-state index in [-0.39, 0.29) is 23.6 Å². The molecule has 1 atom stereocenters. The maximum atomic E-state index is 13.1. The van der Waals surface area contributed by atoms with Gasteiger partial charge < -0.3 is 14.3 Å². The standard InChI is InChI=1S/C22H23N3O3/c1-2-17-15-24(22(27)21-18-10-6-7-11-19(18)23-28-21)13-12-20(26)25(17)14-16-8-4-3-5-9-16/h3-11,17H,2,12-15H2,1H3. The van der Waals surface area contributed by atoms with E-state index in [1.807, 2.05) is 66.4 Å². The molecule has 2 heterocycles. The van der Waals surface area contributed by atoms with Gasteiger partial charge in [-0.15, -0.1) is 0 Å². The molecule has 1 aliphatic rings. The quantitative estimate of drug-likeness (QED) is 0.698. The summed E-state index contributed by atoms with van der Waals surface area (Å²) in [6.07, 6.45) is 1.08. The first-order valence-electron chi connectivity index (χ1n) is 9.64. The van der Waals surface area contributed by atoms with Crippen molar-refractivity contribution in [3.63, 3.8) is 0 Å². The Bertz CT molecular complexity index is 983. The van der Waals surface area contributed by atoms with E-state index in [1.54, 1.807) is 4.90 Å². The number of rotatable bonds is 4. The second kappa shape index (κ2) is 7.84. The van der Waals surface area contributed by atoms with E-state index < -0.39 is 0 Å². The fourth-order valence-corrected chi connectivity index (χ4v) is 3.74. The maximum absolute atomic E-state index is 13.1. The zero-order valence-electron chi connectivity index (χ0n) is 15.9. The number of nitrogens with zero attached hydrogens (tertiary/aromatic N) is 3. The monoisotopic (exact) mass is 377 g/mol. The summed E-state index contributed by atoms with van der Waals surface area (Å²) in [5.41, 5.74) is 1.75. The van der Waals surface area contributed by atoms with Gasteiger partial charge in [-0.3, -0.25) is 9.59 Å². The molecule has 2 aromatic carbocycles. The van der Waals surface area contributed by atoms with E-state index in [9.17, 15) is 9.59 Å². The molecular formula is C22H23N3O3. The van der Waals surface area contributed by atoms with Crippen LogP contribution in [0.15, 0.2) is 59.1 Å². The summed E-state index contributed by atoms with van der Waals surface area (Å²) in [6, 6.07) is 17.3. The lowest BCUT2D eigenvalue weighted by molar-refractivity contribution is -0.133. The van der Waals surface area contributed by atoms with Gasteiger partial charge in [0.1, 0.15) is 5.52 Å². The van der Waals surface area contributed by atoms with Crippen molar-refractivity contribution in [2.24, 2.45) is 0 Å². The van der Waals surface area contributed by atoms with Crippen LogP contribution in [0.4, 0.5) is 0 Å². The van der Waals surface area contributed by atoms with Gasteiger partial charge in [-0.05, 0) is 24.1 Å². The number of carbonyl (C=O) groups is 2. The van der Waals surface area contributed by atoms with E-state index in [4.69, 9.17) is 4.52 Å². The molecule has 2 amide bonds. The van der Waals surface area contributed by atoms with E-state index >= 15 is 0 Å². The molecule has 4 rings (SSSR count). The average molecular weight is 377 g/mol. The Labute approximate surface area is 163 Å². The predicted octanol–water partition coefficient (Wildman–Crippen LogP) is 3.48. The van der Waals surface area contributed by atoms with E-state index in [2.05, 4.69) is 5.16 Å². The van der Waals surface area contributed by atoms with E-state index in [0.717, 1.165) is 12.0 Å². The van der Waals surface area contributed by atoms with Crippen molar-refractivity contribution < 1.29 is 14.1 Å². The number of fused-ring (bicyclic) bond motifs is 1. The molecule has 28 heavy (non-hydrogen) atoms. The molecule has 0 N–H and O–H groups in total. The maximum Gasteiger partial charge on any atom is 0.293 e. The van der Waals surface area contributed by atoms with Gasteiger partial charge in [-0.2, -0.15) is 0 Å². The molecule has 144 valence electrons. The molecule has 0 radical (unpaired) electrons. The Morgan fingerprint density at radius 1 is 1.14 bits per heavy atom. The highest BCUT2D eigenvalue weighted by Crippen LogP contribution is 2.23. The van der Waals surface area contributed by atoms with Crippen LogP contribution in [0.5, 0.6) is 0 Å². The molecule has 6 nitrogen and oxygen atoms in total. The average Bonchev–Trinajstić information content (AvgIpc) is 3.10. The molecule has 1 fully saturated rings. The number of carbonyl (C=O) groups excluding carboxylic acids is 2. The Morgan fingerprint density at radius 2 is 1.89 bits per heavy atom. The summed E-state index contributed by atoms with van der Waals surface area (Å²) < 4.78 is 5.35. The number of aromatic nitrogens is 1. The lowest BCUT2D eigenvalue weighted by atomic mass is 10.1. The first-order chi connectivity index (χ1) is 13.7. The van der Waals surface area contributed by atoms with Gasteiger partial charge in [0.25, 0.3) is 5.91 Å². The van der Waals surface area contributed by atoms with Gasteiger partial charge in [0.15, 0.2) is 0 Å². The molecule has 0 saturated carbocycles. The third kappa shape index (κ3) is 3.50. The SMILES string of the molecule is CCC1CN(C(=O)c2onc3ccccc23)CCC(=O)N1Cc1ccccc1. The van der Waals surface area contributed by atoms with Crippen molar-refractivity contribution in [1.82, 2.24) is 15.0 Å². The fourth-order valence-electron chi connectivity index (χ4n) is 3.74. The van der Waals surface area contributed by atoms with Crippen molar-refractivity contribution in [2.75, 3.05) is 13.1 Å². The second-order valence-corrected chi connectivity index (χ2v) is 7.10. The molecule has 0 bridgehead atoms. The normalized spacial score (nSPS) is 17.8. The zero-order valence-corrected chi connectivity index (χ0v) is 15.9. The molecule has 1 aliphatic heterocycles. The van der Waals surface area contributed by atoms with Gasteiger partial charge in [0, 0.05) is 32.1 Å². The molecule has 0 aliphatic carbocycles. The summed E-state index contributed by atoms with van der Waals surface area (Å²) in [5.74, 6) is 0.115. The van der Waals surface area contributed by atoms with Crippen LogP contribution >= 0.6 is 0 Å². The van der Waals surface area contributed by atoms with Crippen LogP contribution in [0, 0.1) is 0 Å². The molecule has 1 saturated heterocycles. The van der Waals surface area contributed by atoms with Crippen molar-refractivity contribution in [3.8, 4) is 0 Å². The third-order valence-electron chi connectivity index (χ3n) is 5.32. The van der Waals surface area contributed by atoms with Crippen LogP contribution in [-0.4, -0.2) is 45.9 Å². The number of amides is 2. The molecular weight excluding hydrogens is 354 g/mol. The highest BCUT2D eigenvalue weighted by atomic mass is 16.5. The van der Waals surface area contributed by atoms with Crippen molar-refractivity contribution >= 4 is 22.7 Å². The molecule has 1 unspecified atom stereocenters. The summed E-state index contributed by atoms with van der Waals surface area (Å²) in [7, 11) is 0. The number of hydrogen-bond acceptors (Lipinski definition) is 4. The minimum atomic E-state index is -0.207. The van der Waals surface area contributed by atoms with Gasteiger partial charge >= 0.3 is 0 Å². The van der Waals surface area contributed by atoms with E-state index in [1.165, 1.54) is 0 Å². The lowest BCUT2D eigenvalue weighted by Crippen LogP contribution is -2.43. The van der Waals surface area contributed by atoms with Crippen molar-refractivity contribution in [2.45, 2.75) is 32.4 Å². The van der Waals surface area contributed by atoms with Crippen LogP contribution in [0.1, 0.15) is 35.9 Å². The predicted molar refractivity (Wildman–Crippen MR) is 106 cm³/mol. The fraction of sp³-hybridized carbons (Fsp3) is 0.318. The van der Waals surface area contributed by atoms with E-state index in [0.29, 0.717) is 37.0 Å². The summed E-state index contributed by atoms with van der Waals surface area (Å²) in [6.45, 7) is 3.48. The smallest absolute Gasteiger partial charge is 0.293 e. The Kier molecular flexibility index (Phi) is 5.10. The zero-order chi connectivity index (χ0) is 19.5. The Morgan fingerprint density at radius 3 is 2.68 bits per heavy atom. The molecule has 3 aromatic rings. The molecule has 0 spiro atoms. The van der Waals surface area contributed by atoms with Crippen LogP contribution in [0.3, 0.4) is 0 Å². The largest absolute Gasteiger partial charge is 0.350 e. The van der Waals surface area contributed by atoms with Crippen molar-refractivity contribution in [1.29, 1.82) is 0 Å². The highest BCUT2D eigenvalue weighted by molar-refractivity contribution is 6.03. The van der Waals surface area contributed by atoms with Crippen molar-refractivity contribution in [3.05, 3.63) is 65.9 Å². The molecule has 6 heteroatoms. The Balaban J connectivity index is 1.57. The summed E-state index contributed by atoms with van der Waals surface area (Å²) in [4.78, 5) is 29.6. The van der Waals surface area contributed by atoms with Gasteiger partial charge in [-0.1, -0.05) is 54.5 Å². The lowest BCUT2D eigenvalue weighted by Gasteiger charge is -2.31. The van der Waals surface area contributed by atoms with Crippen LogP contribution in [0.25, 0.3) is 10.9 Å². The minimum Gasteiger partial charge on any atom is -0.350 e. The number of hydrogen-bond donors (Lipinski definition) is 0. The van der Waals surface area contributed by atoms with Crippen LogP contribution in [-0.2, 0) is 11.3 Å². The van der Waals surface area contributed by atoms with Crippen LogP contribution < -0.4 is 0 Å². The number of benzene rings is 2. The first-order valence-corrected chi connectivity index (χ1v) is 9.64. The summed E-state index contributed by atoms with van der Waals surface area (Å²) >= 11 is 0. The Hall–Kier alpha value is -3.15. The summed E-state index contributed by atoms with van der Waals surface area (Å²) in [5, 5.41) is 4.69. The topological polar surface area (TPSA) is 66.7 Å². The minimum absolute atomic E-state index is 0.0339. The van der Waals surface area contributed by atoms with Gasteiger partial charge in [-0.25, -0.2) is 0 Å². The first kappa shape index (κ1) is 18.2.